The predicted molar refractivity (Wildman–Crippen MR) is 87.8 cm³/mol. The summed E-state index contributed by atoms with van der Waals surface area (Å²) in [6.07, 6.45) is 0. The molecule has 0 saturated heterocycles. The van der Waals surface area contributed by atoms with E-state index < -0.39 is 12.0 Å². The van der Waals surface area contributed by atoms with E-state index in [1.165, 1.54) is 11.8 Å². The molecule has 1 aromatic heterocycles. The fourth-order valence-electron chi connectivity index (χ4n) is 1.71. The summed E-state index contributed by atoms with van der Waals surface area (Å²) in [5, 5.41) is 15.2. The largest absolute Gasteiger partial charge is 0.477 e. The van der Waals surface area contributed by atoms with Gasteiger partial charge in [-0.2, -0.15) is 4.37 Å². The van der Waals surface area contributed by atoms with Gasteiger partial charge in [-0.3, -0.25) is 5.32 Å². The third-order valence-corrected chi connectivity index (χ3v) is 4.41. The van der Waals surface area contributed by atoms with Crippen molar-refractivity contribution < 1.29 is 14.7 Å². The van der Waals surface area contributed by atoms with Crippen molar-refractivity contribution in [2.24, 2.45) is 0 Å². The number of rotatable bonds is 6. The Labute approximate surface area is 136 Å². The van der Waals surface area contributed by atoms with Crippen molar-refractivity contribution in [2.75, 3.05) is 11.1 Å². The zero-order valence-electron chi connectivity index (χ0n) is 11.8. The molecule has 0 aliphatic heterocycles. The van der Waals surface area contributed by atoms with Crippen LogP contribution in [0, 0.1) is 0 Å². The molecule has 1 heterocycles. The maximum atomic E-state index is 11.9. The molecular formula is C14H15N3O3S2. The molecule has 8 heteroatoms. The lowest BCUT2D eigenvalue weighted by Gasteiger charge is -2.06. The van der Waals surface area contributed by atoms with Gasteiger partial charge in [-0.25, -0.2) is 9.59 Å². The Morgan fingerprint density at radius 3 is 2.68 bits per heavy atom. The van der Waals surface area contributed by atoms with Crippen LogP contribution in [0.1, 0.15) is 22.8 Å². The molecule has 0 saturated carbocycles. The lowest BCUT2D eigenvalue weighted by Crippen LogP contribution is -2.28. The maximum absolute atomic E-state index is 11.9. The number of nitrogens with one attached hydrogen (secondary N) is 2. The zero-order valence-corrected chi connectivity index (χ0v) is 13.5. The Morgan fingerprint density at radius 1 is 1.32 bits per heavy atom. The van der Waals surface area contributed by atoms with E-state index in [1.54, 1.807) is 0 Å². The van der Waals surface area contributed by atoms with Crippen LogP contribution in [0.3, 0.4) is 0 Å². The van der Waals surface area contributed by atoms with E-state index >= 15 is 0 Å². The van der Waals surface area contributed by atoms with Crippen LogP contribution in [0.2, 0.25) is 0 Å². The average Bonchev–Trinajstić information content (AvgIpc) is 2.89. The molecule has 2 aromatic rings. The van der Waals surface area contributed by atoms with E-state index in [-0.39, 0.29) is 10.6 Å². The van der Waals surface area contributed by atoms with E-state index in [0.29, 0.717) is 17.3 Å². The minimum Gasteiger partial charge on any atom is -0.477 e. The summed E-state index contributed by atoms with van der Waals surface area (Å²) in [6, 6.07) is 9.00. The molecular weight excluding hydrogens is 322 g/mol. The van der Waals surface area contributed by atoms with Gasteiger partial charge < -0.3 is 10.4 Å². The van der Waals surface area contributed by atoms with Gasteiger partial charge in [-0.05, 0) is 22.8 Å². The number of hydrogen-bond acceptors (Lipinski definition) is 5. The molecule has 116 valence electrons. The highest BCUT2D eigenvalue weighted by Crippen LogP contribution is 2.31. The minimum atomic E-state index is -1.09. The summed E-state index contributed by atoms with van der Waals surface area (Å²) in [6.45, 7) is 2.28. The molecule has 3 N–H and O–H groups in total. The van der Waals surface area contributed by atoms with Gasteiger partial charge >= 0.3 is 12.0 Å². The number of aromatic nitrogens is 1. The van der Waals surface area contributed by atoms with Crippen LogP contribution in [0.4, 0.5) is 9.80 Å². The van der Waals surface area contributed by atoms with Crippen molar-refractivity contribution in [3.8, 4) is 0 Å². The summed E-state index contributed by atoms with van der Waals surface area (Å²) in [4.78, 5) is 23.2. The van der Waals surface area contributed by atoms with Gasteiger partial charge in [-0.15, -0.1) is 11.8 Å². The number of carboxylic acids is 1. The van der Waals surface area contributed by atoms with Crippen LogP contribution >= 0.6 is 23.3 Å². The number of thioether (sulfide) groups is 1. The lowest BCUT2D eigenvalue weighted by molar-refractivity contribution is 0.0694. The first kappa shape index (κ1) is 16.3. The lowest BCUT2D eigenvalue weighted by atomic mass is 10.2. The van der Waals surface area contributed by atoms with E-state index in [0.717, 1.165) is 17.1 Å². The summed E-state index contributed by atoms with van der Waals surface area (Å²) < 4.78 is 4.08. The molecule has 6 nitrogen and oxygen atoms in total. The molecule has 0 aliphatic carbocycles. The van der Waals surface area contributed by atoms with Gasteiger partial charge in [0, 0.05) is 6.54 Å². The Morgan fingerprint density at radius 2 is 2.05 bits per heavy atom. The molecule has 0 spiro atoms. The second kappa shape index (κ2) is 7.81. The Bertz CT molecular complexity index is 659. The van der Waals surface area contributed by atoms with Crippen LogP contribution < -0.4 is 10.6 Å². The maximum Gasteiger partial charge on any atom is 0.341 e. The van der Waals surface area contributed by atoms with E-state index in [4.69, 9.17) is 0 Å². The number of carboxylic acid groups (broad SMARTS) is 1. The summed E-state index contributed by atoms with van der Waals surface area (Å²) >= 11 is 2.31. The Kier molecular flexibility index (Phi) is 5.79. The van der Waals surface area contributed by atoms with E-state index in [1.807, 2.05) is 37.3 Å². The van der Waals surface area contributed by atoms with Crippen molar-refractivity contribution in [3.05, 3.63) is 41.5 Å². The quantitative estimate of drug-likeness (QED) is 0.704. The highest BCUT2D eigenvalue weighted by molar-refractivity contribution is 7.99. The molecule has 0 fully saturated rings. The first-order valence-electron chi connectivity index (χ1n) is 6.56. The van der Waals surface area contributed by atoms with Crippen molar-refractivity contribution in [3.63, 3.8) is 0 Å². The molecule has 0 radical (unpaired) electrons. The van der Waals surface area contributed by atoms with Crippen LogP contribution in [-0.2, 0) is 6.54 Å². The molecule has 22 heavy (non-hydrogen) atoms. The number of nitrogens with zero attached hydrogens (tertiary/aromatic N) is 1. The average molecular weight is 337 g/mol. The van der Waals surface area contributed by atoms with Gasteiger partial charge in [-0.1, -0.05) is 37.3 Å². The minimum absolute atomic E-state index is 0.0479. The fraction of sp³-hybridized carbons (Fsp3) is 0.214. The molecule has 1 aromatic carbocycles. The van der Waals surface area contributed by atoms with Crippen molar-refractivity contribution in [2.45, 2.75) is 18.5 Å². The topological polar surface area (TPSA) is 91.3 Å². The number of amides is 2. The Balaban J connectivity index is 2.01. The molecule has 0 unspecified atom stereocenters. The van der Waals surface area contributed by atoms with Crippen molar-refractivity contribution in [1.29, 1.82) is 0 Å². The van der Waals surface area contributed by atoms with E-state index in [9.17, 15) is 14.7 Å². The zero-order chi connectivity index (χ0) is 15.9. The van der Waals surface area contributed by atoms with Crippen LogP contribution in [0.25, 0.3) is 0 Å². The summed E-state index contributed by atoms with van der Waals surface area (Å²) in [7, 11) is 0. The van der Waals surface area contributed by atoms with Gasteiger partial charge in [0.1, 0.15) is 15.6 Å². The number of aromatic carboxylic acids is 1. The molecule has 0 bridgehead atoms. The number of carbonyl (C=O) groups is 2. The normalized spacial score (nSPS) is 10.2. The van der Waals surface area contributed by atoms with Gasteiger partial charge in [0.15, 0.2) is 0 Å². The first-order chi connectivity index (χ1) is 10.6. The predicted octanol–water partition coefficient (Wildman–Crippen LogP) is 3.28. The number of hydrogen-bond donors (Lipinski definition) is 3. The second-order valence-corrected chi connectivity index (χ2v) is 6.25. The van der Waals surface area contributed by atoms with Gasteiger partial charge in [0.25, 0.3) is 0 Å². The monoisotopic (exact) mass is 337 g/mol. The Hall–Kier alpha value is -2.06. The van der Waals surface area contributed by atoms with Crippen LogP contribution in [-0.4, -0.2) is 27.2 Å². The van der Waals surface area contributed by atoms with Crippen LogP contribution in [0.5, 0.6) is 0 Å². The SMILES string of the molecule is CCSc1nsc(NC(=O)NCc2ccccc2)c1C(=O)O. The number of benzene rings is 1. The highest BCUT2D eigenvalue weighted by atomic mass is 32.2. The summed E-state index contributed by atoms with van der Waals surface area (Å²) in [5.41, 5.74) is 1.01. The fourth-order valence-corrected chi connectivity index (χ4v) is 3.38. The number of urea groups is 1. The number of carbonyl (C=O) groups excluding carboxylic acids is 1. The highest BCUT2D eigenvalue weighted by Gasteiger charge is 2.21. The van der Waals surface area contributed by atoms with Gasteiger partial charge in [0.05, 0.1) is 0 Å². The third kappa shape index (κ3) is 4.22. The number of anilines is 1. The van der Waals surface area contributed by atoms with Gasteiger partial charge in [0.2, 0.25) is 0 Å². The smallest absolute Gasteiger partial charge is 0.341 e. The molecule has 0 aliphatic rings. The third-order valence-electron chi connectivity index (χ3n) is 2.68. The second-order valence-electron chi connectivity index (χ2n) is 4.22. The first-order valence-corrected chi connectivity index (χ1v) is 8.32. The van der Waals surface area contributed by atoms with Crippen LogP contribution in [0.15, 0.2) is 35.4 Å². The molecule has 2 amide bonds. The molecule has 0 atom stereocenters. The summed E-state index contributed by atoms with van der Waals surface area (Å²) in [5.74, 6) is -0.382. The van der Waals surface area contributed by atoms with Crippen molar-refractivity contribution in [1.82, 2.24) is 9.69 Å². The standard InChI is InChI=1S/C14H15N3O3S2/c1-2-21-12-10(13(18)19)11(22-17-12)16-14(20)15-8-9-6-4-3-5-7-9/h3-7H,2,8H2,1H3,(H,18,19)(H2,15,16,20). The van der Waals surface area contributed by atoms with Crippen molar-refractivity contribution >= 4 is 40.3 Å². The molecule has 2 rings (SSSR count). The van der Waals surface area contributed by atoms with E-state index in [2.05, 4.69) is 15.0 Å².